The van der Waals surface area contributed by atoms with Gasteiger partial charge in [-0.3, -0.25) is 9.69 Å². The smallest absolute Gasteiger partial charge is 0.224 e. The second-order valence-corrected chi connectivity index (χ2v) is 5.97. The Balaban J connectivity index is 2.42. The fourth-order valence-corrected chi connectivity index (χ4v) is 2.85. The van der Waals surface area contributed by atoms with E-state index in [1.54, 1.807) is 0 Å². The zero-order valence-electron chi connectivity index (χ0n) is 13.5. The highest BCUT2D eigenvalue weighted by molar-refractivity contribution is 5.77. The minimum absolute atomic E-state index is 0.190. The van der Waals surface area contributed by atoms with Gasteiger partial charge in [-0.1, -0.05) is 6.92 Å². The molecule has 0 aromatic carbocycles. The standard InChI is InChI=1S/C15H32N4O/c1-4-18(11-7-8-17(2)3)14(13-16)12-15(20)19-9-5-6-10-19/h14H,4-13,16H2,1-3H3. The maximum atomic E-state index is 12.3. The summed E-state index contributed by atoms with van der Waals surface area (Å²) in [6.07, 6.45) is 4.00. The van der Waals surface area contributed by atoms with Crippen LogP contribution >= 0.6 is 0 Å². The molecule has 1 aliphatic rings. The third-order valence-corrected chi connectivity index (χ3v) is 4.11. The lowest BCUT2D eigenvalue weighted by Crippen LogP contribution is -2.45. The van der Waals surface area contributed by atoms with Crippen LogP contribution in [0.1, 0.15) is 32.6 Å². The van der Waals surface area contributed by atoms with Crippen LogP contribution in [0, 0.1) is 0 Å². The highest BCUT2D eigenvalue weighted by atomic mass is 16.2. The van der Waals surface area contributed by atoms with Gasteiger partial charge in [0.25, 0.3) is 0 Å². The molecule has 0 radical (unpaired) electrons. The van der Waals surface area contributed by atoms with E-state index in [4.69, 9.17) is 5.73 Å². The van der Waals surface area contributed by atoms with Crippen LogP contribution in [0.2, 0.25) is 0 Å². The van der Waals surface area contributed by atoms with Gasteiger partial charge in [0.2, 0.25) is 5.91 Å². The van der Waals surface area contributed by atoms with Gasteiger partial charge in [-0.25, -0.2) is 0 Å². The van der Waals surface area contributed by atoms with Crippen molar-refractivity contribution in [3.05, 3.63) is 0 Å². The van der Waals surface area contributed by atoms with Gasteiger partial charge < -0.3 is 15.5 Å². The molecule has 5 nitrogen and oxygen atoms in total. The molecule has 1 rings (SSSR count). The van der Waals surface area contributed by atoms with Crippen molar-refractivity contribution in [1.29, 1.82) is 0 Å². The highest BCUT2D eigenvalue weighted by Crippen LogP contribution is 2.12. The predicted molar refractivity (Wildman–Crippen MR) is 83.7 cm³/mol. The van der Waals surface area contributed by atoms with Crippen LogP contribution in [-0.2, 0) is 4.79 Å². The number of likely N-dealkylation sites (tertiary alicyclic amines) is 1. The van der Waals surface area contributed by atoms with Crippen molar-refractivity contribution in [3.63, 3.8) is 0 Å². The molecule has 1 aliphatic heterocycles. The first kappa shape index (κ1) is 17.4. The normalized spacial score (nSPS) is 17.2. The quantitative estimate of drug-likeness (QED) is 0.674. The van der Waals surface area contributed by atoms with Crippen LogP contribution in [0.3, 0.4) is 0 Å². The SMILES string of the molecule is CCN(CCCN(C)C)C(CN)CC(=O)N1CCCC1. The van der Waals surface area contributed by atoms with Crippen molar-refractivity contribution < 1.29 is 4.79 Å². The minimum atomic E-state index is 0.190. The van der Waals surface area contributed by atoms with Gasteiger partial charge in [-0.15, -0.1) is 0 Å². The Hall–Kier alpha value is -0.650. The zero-order valence-corrected chi connectivity index (χ0v) is 13.5. The topological polar surface area (TPSA) is 52.8 Å². The molecule has 1 fully saturated rings. The molecule has 1 unspecified atom stereocenters. The van der Waals surface area contributed by atoms with E-state index in [-0.39, 0.29) is 11.9 Å². The van der Waals surface area contributed by atoms with Crippen LogP contribution in [0.25, 0.3) is 0 Å². The summed E-state index contributed by atoms with van der Waals surface area (Å²) in [6.45, 7) is 7.64. The van der Waals surface area contributed by atoms with E-state index in [0.29, 0.717) is 13.0 Å². The van der Waals surface area contributed by atoms with E-state index in [1.165, 1.54) is 0 Å². The minimum Gasteiger partial charge on any atom is -0.343 e. The second-order valence-electron chi connectivity index (χ2n) is 5.97. The Morgan fingerprint density at radius 3 is 2.40 bits per heavy atom. The molecule has 5 heteroatoms. The van der Waals surface area contributed by atoms with Crippen molar-refractivity contribution in [2.24, 2.45) is 5.73 Å². The van der Waals surface area contributed by atoms with E-state index in [9.17, 15) is 4.79 Å². The van der Waals surface area contributed by atoms with Crippen LogP contribution in [0.15, 0.2) is 0 Å². The molecule has 1 saturated heterocycles. The van der Waals surface area contributed by atoms with Gasteiger partial charge in [0.1, 0.15) is 0 Å². The summed E-state index contributed by atoms with van der Waals surface area (Å²) in [7, 11) is 4.18. The molecule has 0 spiro atoms. The molecule has 0 aliphatic carbocycles. The Bertz CT molecular complexity index is 277. The molecule has 20 heavy (non-hydrogen) atoms. The van der Waals surface area contributed by atoms with Crippen molar-refractivity contribution >= 4 is 5.91 Å². The van der Waals surface area contributed by atoms with Crippen LogP contribution < -0.4 is 5.73 Å². The van der Waals surface area contributed by atoms with Crippen LogP contribution in [0.5, 0.6) is 0 Å². The van der Waals surface area contributed by atoms with Gasteiger partial charge in [-0.2, -0.15) is 0 Å². The molecule has 0 aromatic rings. The number of carbonyl (C=O) groups excluding carboxylic acids is 1. The summed E-state index contributed by atoms with van der Waals surface area (Å²) in [5.74, 6) is 0.281. The molecule has 118 valence electrons. The largest absolute Gasteiger partial charge is 0.343 e. The summed E-state index contributed by atoms with van der Waals surface area (Å²) in [6, 6.07) is 0.190. The van der Waals surface area contributed by atoms with Gasteiger partial charge in [0.15, 0.2) is 0 Å². The molecule has 2 N–H and O–H groups in total. The van der Waals surface area contributed by atoms with Crippen molar-refractivity contribution in [2.45, 2.75) is 38.6 Å². The van der Waals surface area contributed by atoms with Gasteiger partial charge >= 0.3 is 0 Å². The lowest BCUT2D eigenvalue weighted by molar-refractivity contribution is -0.131. The average molecular weight is 284 g/mol. The first-order valence-corrected chi connectivity index (χ1v) is 7.95. The summed E-state index contributed by atoms with van der Waals surface area (Å²) in [4.78, 5) is 18.8. The Labute approximate surface area is 124 Å². The van der Waals surface area contributed by atoms with Gasteiger partial charge in [-0.05, 0) is 53.0 Å². The molecular weight excluding hydrogens is 252 g/mol. The first-order valence-electron chi connectivity index (χ1n) is 7.95. The maximum Gasteiger partial charge on any atom is 0.224 e. The summed E-state index contributed by atoms with van der Waals surface area (Å²) < 4.78 is 0. The molecule has 1 heterocycles. The van der Waals surface area contributed by atoms with Crippen molar-refractivity contribution in [3.8, 4) is 0 Å². The van der Waals surface area contributed by atoms with E-state index in [1.807, 2.05) is 4.90 Å². The summed E-state index contributed by atoms with van der Waals surface area (Å²) in [5.41, 5.74) is 5.90. The number of amides is 1. The van der Waals surface area contributed by atoms with Crippen LogP contribution in [-0.4, -0.2) is 80.0 Å². The number of carbonyl (C=O) groups is 1. The lowest BCUT2D eigenvalue weighted by Gasteiger charge is -2.31. The molecule has 0 aromatic heterocycles. The second kappa shape index (κ2) is 9.32. The predicted octanol–water partition coefficient (Wildman–Crippen LogP) is 0.600. The number of hydrogen-bond acceptors (Lipinski definition) is 4. The monoisotopic (exact) mass is 284 g/mol. The first-order chi connectivity index (χ1) is 9.58. The van der Waals surface area contributed by atoms with Crippen molar-refractivity contribution in [1.82, 2.24) is 14.7 Å². The summed E-state index contributed by atoms with van der Waals surface area (Å²) >= 11 is 0. The number of nitrogens with two attached hydrogens (primary N) is 1. The van der Waals surface area contributed by atoms with E-state index in [2.05, 4.69) is 30.8 Å². The Morgan fingerprint density at radius 1 is 1.25 bits per heavy atom. The van der Waals surface area contributed by atoms with Crippen LogP contribution in [0.4, 0.5) is 0 Å². The lowest BCUT2D eigenvalue weighted by atomic mass is 10.1. The number of hydrogen-bond donors (Lipinski definition) is 1. The van der Waals surface area contributed by atoms with Crippen molar-refractivity contribution in [2.75, 3.05) is 53.4 Å². The third kappa shape index (κ3) is 5.77. The Kier molecular flexibility index (Phi) is 8.11. The molecule has 1 atom stereocenters. The molecule has 1 amide bonds. The Morgan fingerprint density at radius 2 is 1.90 bits per heavy atom. The fourth-order valence-electron chi connectivity index (χ4n) is 2.85. The fraction of sp³-hybridized carbons (Fsp3) is 0.933. The van der Waals surface area contributed by atoms with Gasteiger partial charge in [0, 0.05) is 32.1 Å². The van der Waals surface area contributed by atoms with E-state index >= 15 is 0 Å². The zero-order chi connectivity index (χ0) is 15.0. The highest BCUT2D eigenvalue weighted by Gasteiger charge is 2.24. The number of rotatable bonds is 9. The molecule has 0 bridgehead atoms. The number of likely N-dealkylation sites (N-methyl/N-ethyl adjacent to an activating group) is 1. The molecule has 0 saturated carbocycles. The third-order valence-electron chi connectivity index (χ3n) is 4.11. The number of nitrogens with zero attached hydrogens (tertiary/aromatic N) is 3. The van der Waals surface area contributed by atoms with E-state index < -0.39 is 0 Å². The van der Waals surface area contributed by atoms with E-state index in [0.717, 1.165) is 52.0 Å². The average Bonchev–Trinajstić information content (AvgIpc) is 2.95. The van der Waals surface area contributed by atoms with Gasteiger partial charge in [0.05, 0.1) is 0 Å². The summed E-state index contributed by atoms with van der Waals surface area (Å²) in [5, 5.41) is 0. The maximum absolute atomic E-state index is 12.3. The molecular formula is C15H32N4O.